The summed E-state index contributed by atoms with van der Waals surface area (Å²) in [5.41, 5.74) is 1.13. The number of halogens is 1. The van der Waals surface area contributed by atoms with Gasteiger partial charge >= 0.3 is 0 Å². The number of rotatable bonds is 4. The number of hydrogen-bond acceptors (Lipinski definition) is 4. The highest BCUT2D eigenvalue weighted by atomic mass is 32.2. The van der Waals surface area contributed by atoms with Crippen molar-refractivity contribution in [3.8, 4) is 12.3 Å². The summed E-state index contributed by atoms with van der Waals surface area (Å²) >= 11 is 0. The molecule has 0 saturated heterocycles. The second-order valence-electron chi connectivity index (χ2n) is 5.84. The van der Waals surface area contributed by atoms with Gasteiger partial charge in [-0.25, -0.2) is 12.8 Å². The van der Waals surface area contributed by atoms with Crippen molar-refractivity contribution in [1.29, 1.82) is 0 Å². The highest BCUT2D eigenvalue weighted by molar-refractivity contribution is 7.90. The van der Waals surface area contributed by atoms with Crippen LogP contribution < -0.4 is 0 Å². The average molecular weight is 373 g/mol. The summed E-state index contributed by atoms with van der Waals surface area (Å²) < 4.78 is 39.8. The lowest BCUT2D eigenvalue weighted by Crippen LogP contribution is -2.39. The third-order valence-electron chi connectivity index (χ3n) is 3.93. The second kappa shape index (κ2) is 7.14. The van der Waals surface area contributed by atoms with Crippen LogP contribution in [0.3, 0.4) is 0 Å². The number of terminal acetylenes is 1. The Morgan fingerprint density at radius 3 is 2.73 bits per heavy atom. The van der Waals surface area contributed by atoms with Crippen LogP contribution in [-0.2, 0) is 21.4 Å². The van der Waals surface area contributed by atoms with Gasteiger partial charge < -0.3 is 9.80 Å². The number of fused-ring (bicyclic) bond motifs is 1. The van der Waals surface area contributed by atoms with Crippen LogP contribution in [0.15, 0.2) is 52.6 Å². The van der Waals surface area contributed by atoms with Crippen LogP contribution in [0.4, 0.5) is 4.39 Å². The number of amides is 1. The number of carbonyl (C=O) groups excluding carboxylic acids is 1. The molecule has 3 rings (SSSR count). The molecule has 0 bridgehead atoms. The van der Waals surface area contributed by atoms with Gasteiger partial charge in [0, 0.05) is 19.3 Å². The van der Waals surface area contributed by atoms with Gasteiger partial charge in [0.1, 0.15) is 11.7 Å². The van der Waals surface area contributed by atoms with Gasteiger partial charge in [-0.2, -0.15) is 0 Å². The van der Waals surface area contributed by atoms with Crippen molar-refractivity contribution in [3.63, 3.8) is 0 Å². The zero-order valence-corrected chi connectivity index (χ0v) is 14.6. The Balaban J connectivity index is 1.80. The van der Waals surface area contributed by atoms with E-state index in [2.05, 4.69) is 10.3 Å². The first-order chi connectivity index (χ1) is 12.4. The minimum atomic E-state index is -3.45. The normalized spacial score (nSPS) is 17.6. The predicted octanol–water partition coefficient (Wildman–Crippen LogP) is 1.29. The molecule has 0 radical (unpaired) electrons. The van der Waals surface area contributed by atoms with E-state index in [-0.39, 0.29) is 42.9 Å². The van der Waals surface area contributed by atoms with Gasteiger partial charge in [0.2, 0.25) is 0 Å². The zero-order chi connectivity index (χ0) is 18.7. The van der Waals surface area contributed by atoms with Gasteiger partial charge in [-0.15, -0.1) is 10.8 Å². The fraction of sp³-hybridized carbons (Fsp3) is 0.222. The first-order valence-corrected chi connectivity index (χ1v) is 9.45. The number of amidine groups is 1. The maximum atomic E-state index is 13.0. The molecule has 6 nitrogen and oxygen atoms in total. The molecule has 0 atom stereocenters. The molecular formula is C18H16FN3O3S. The molecule has 1 aromatic carbocycles. The summed E-state index contributed by atoms with van der Waals surface area (Å²) in [4.78, 5) is 15.9. The summed E-state index contributed by atoms with van der Waals surface area (Å²) in [5, 5.41) is 0. The molecule has 2 heterocycles. The van der Waals surface area contributed by atoms with Crippen LogP contribution in [0.5, 0.6) is 0 Å². The van der Waals surface area contributed by atoms with E-state index < -0.39 is 10.0 Å². The molecular weight excluding hydrogens is 357 g/mol. The van der Waals surface area contributed by atoms with Crippen molar-refractivity contribution in [2.75, 3.05) is 18.8 Å². The van der Waals surface area contributed by atoms with Crippen LogP contribution in [0, 0.1) is 18.2 Å². The monoisotopic (exact) mass is 373 g/mol. The number of carbonyl (C=O) groups is 1. The lowest BCUT2D eigenvalue weighted by molar-refractivity contribution is -0.126. The van der Waals surface area contributed by atoms with Gasteiger partial charge in [-0.05, 0) is 29.8 Å². The quantitative estimate of drug-likeness (QED) is 0.746. The van der Waals surface area contributed by atoms with Crippen molar-refractivity contribution in [2.45, 2.75) is 6.54 Å². The summed E-state index contributed by atoms with van der Waals surface area (Å²) in [5.74, 6) is 1.98. The van der Waals surface area contributed by atoms with E-state index in [9.17, 15) is 17.6 Å². The first-order valence-electron chi connectivity index (χ1n) is 7.84. The molecule has 1 amide bonds. The number of hydrogen-bond donors (Lipinski definition) is 0. The van der Waals surface area contributed by atoms with Gasteiger partial charge in [0.05, 0.1) is 17.9 Å². The van der Waals surface area contributed by atoms with Gasteiger partial charge in [-0.3, -0.25) is 4.79 Å². The molecule has 0 fully saturated rings. The Morgan fingerprint density at radius 1 is 1.31 bits per heavy atom. The van der Waals surface area contributed by atoms with Crippen molar-refractivity contribution in [1.82, 2.24) is 9.80 Å². The fourth-order valence-corrected chi connectivity index (χ4v) is 3.60. The SMILES string of the molecule is C#CCN(Cc1ccc(F)cc1)C(=O)C1=CN2CCS(=O)(=O)N=C2C=C1. The Kier molecular flexibility index (Phi) is 4.91. The minimum absolute atomic E-state index is 0.0940. The molecule has 0 unspecified atom stereocenters. The van der Waals surface area contributed by atoms with Gasteiger partial charge in [-0.1, -0.05) is 18.1 Å². The van der Waals surface area contributed by atoms with E-state index in [0.29, 0.717) is 5.57 Å². The Bertz CT molecular complexity index is 956. The maximum absolute atomic E-state index is 13.0. The van der Waals surface area contributed by atoms with Crippen LogP contribution >= 0.6 is 0 Å². The van der Waals surface area contributed by atoms with Crippen molar-refractivity contribution in [2.24, 2.45) is 4.40 Å². The van der Waals surface area contributed by atoms with Gasteiger partial charge in [0.25, 0.3) is 15.9 Å². The zero-order valence-electron chi connectivity index (χ0n) is 13.8. The summed E-state index contributed by atoms with van der Waals surface area (Å²) in [7, 11) is -3.45. The molecule has 1 aromatic rings. The molecule has 0 spiro atoms. The smallest absolute Gasteiger partial charge is 0.256 e. The molecule has 0 aromatic heterocycles. The number of benzene rings is 1. The van der Waals surface area contributed by atoms with Crippen molar-refractivity contribution < 1.29 is 17.6 Å². The number of nitrogens with zero attached hydrogens (tertiary/aromatic N) is 3. The van der Waals surface area contributed by atoms with E-state index in [0.717, 1.165) is 5.56 Å². The standard InChI is InChI=1S/C18H16FN3O3S/c1-2-9-22(12-14-3-6-16(19)7-4-14)18(23)15-5-8-17-20-26(24,25)11-10-21(17)13-15/h1,3-8,13H,9-12H2. The summed E-state index contributed by atoms with van der Waals surface area (Å²) in [6.45, 7) is 0.565. The molecule has 2 aliphatic heterocycles. The Morgan fingerprint density at radius 2 is 2.04 bits per heavy atom. The molecule has 26 heavy (non-hydrogen) atoms. The summed E-state index contributed by atoms with van der Waals surface area (Å²) in [6, 6.07) is 5.84. The van der Waals surface area contributed by atoms with Crippen LogP contribution in [0.25, 0.3) is 0 Å². The third kappa shape index (κ3) is 4.00. The highest BCUT2D eigenvalue weighted by Gasteiger charge is 2.26. The fourth-order valence-electron chi connectivity index (χ4n) is 2.63. The van der Waals surface area contributed by atoms with Crippen LogP contribution in [0.2, 0.25) is 0 Å². The van der Waals surface area contributed by atoms with Crippen LogP contribution in [-0.4, -0.2) is 48.8 Å². The minimum Gasteiger partial charge on any atom is -0.330 e. The predicted molar refractivity (Wildman–Crippen MR) is 95.8 cm³/mol. The van der Waals surface area contributed by atoms with Crippen molar-refractivity contribution >= 4 is 21.8 Å². The second-order valence-corrected chi connectivity index (χ2v) is 7.59. The first kappa shape index (κ1) is 17.9. The topological polar surface area (TPSA) is 70.1 Å². The Labute approximate surface area is 151 Å². The van der Waals surface area contributed by atoms with Crippen molar-refractivity contribution in [3.05, 3.63) is 59.6 Å². The number of sulfonamides is 1. The van der Waals surface area contributed by atoms with E-state index in [1.807, 2.05) is 0 Å². The third-order valence-corrected chi connectivity index (χ3v) is 5.09. The molecule has 2 aliphatic rings. The average Bonchev–Trinajstić information content (AvgIpc) is 2.61. The maximum Gasteiger partial charge on any atom is 0.256 e. The lowest BCUT2D eigenvalue weighted by Gasteiger charge is -2.28. The van der Waals surface area contributed by atoms with E-state index in [4.69, 9.17) is 6.42 Å². The Hall–Kier alpha value is -2.92. The van der Waals surface area contributed by atoms with Gasteiger partial charge in [0.15, 0.2) is 0 Å². The molecule has 0 N–H and O–H groups in total. The highest BCUT2D eigenvalue weighted by Crippen LogP contribution is 2.18. The largest absolute Gasteiger partial charge is 0.330 e. The van der Waals surface area contributed by atoms with E-state index in [1.165, 1.54) is 29.2 Å². The summed E-state index contributed by atoms with van der Waals surface area (Å²) in [6.07, 6.45) is 9.96. The van der Waals surface area contributed by atoms with Crippen LogP contribution in [0.1, 0.15) is 5.56 Å². The lowest BCUT2D eigenvalue weighted by atomic mass is 10.1. The molecule has 8 heteroatoms. The molecule has 0 aliphatic carbocycles. The molecule has 0 saturated carbocycles. The molecule has 134 valence electrons. The van der Waals surface area contributed by atoms with E-state index in [1.54, 1.807) is 23.2 Å². The van der Waals surface area contributed by atoms with E-state index >= 15 is 0 Å².